The smallest absolute Gasteiger partial charge is 0.333 e. The molecule has 0 unspecified atom stereocenters. The number of ketones is 1. The molecule has 0 aromatic carbocycles. The Kier molecular flexibility index (Phi) is 1.98. The lowest BCUT2D eigenvalue weighted by Gasteiger charge is -2.40. The van der Waals surface area contributed by atoms with Gasteiger partial charge in [0.25, 0.3) is 0 Å². The largest absolute Gasteiger partial charge is 0.466 e. The van der Waals surface area contributed by atoms with Crippen molar-refractivity contribution in [3.05, 3.63) is 11.6 Å². The minimum absolute atomic E-state index is 0.108. The Bertz CT molecular complexity index is 329. The van der Waals surface area contributed by atoms with Gasteiger partial charge in [-0.05, 0) is 25.7 Å². The number of carbonyl (C=O) groups excluding carboxylic acids is 2. The number of carbonyl (C=O) groups is 2. The highest BCUT2D eigenvalue weighted by Crippen LogP contribution is 2.46. The lowest BCUT2D eigenvalue weighted by molar-refractivity contribution is -0.138. The van der Waals surface area contributed by atoms with Crippen LogP contribution in [0.25, 0.3) is 0 Å². The maximum absolute atomic E-state index is 11.6. The Morgan fingerprint density at radius 3 is 2.86 bits per heavy atom. The Morgan fingerprint density at radius 2 is 2.36 bits per heavy atom. The molecule has 2 bridgehead atoms. The summed E-state index contributed by atoms with van der Waals surface area (Å²) in [4.78, 5) is 23.0. The number of esters is 1. The lowest BCUT2D eigenvalue weighted by atomic mass is 9.62. The third-order valence-corrected chi connectivity index (χ3v) is 3.42. The summed E-state index contributed by atoms with van der Waals surface area (Å²) < 4.78 is 4.70. The normalized spacial score (nSPS) is 35.4. The van der Waals surface area contributed by atoms with Gasteiger partial charge in [-0.15, -0.1) is 0 Å². The molecule has 0 aromatic heterocycles. The number of allylic oxidation sites excluding steroid dienone is 1. The van der Waals surface area contributed by atoms with Crippen LogP contribution in [-0.2, 0) is 14.3 Å². The molecule has 3 aliphatic carbocycles. The number of rotatable bonds is 1. The number of hydrogen-bond acceptors (Lipinski definition) is 3. The van der Waals surface area contributed by atoms with Gasteiger partial charge in [-0.25, -0.2) is 4.79 Å². The first-order chi connectivity index (χ1) is 6.57. The Labute approximate surface area is 83.1 Å². The van der Waals surface area contributed by atoms with Gasteiger partial charge in [0, 0.05) is 17.4 Å². The lowest BCUT2D eigenvalue weighted by Crippen LogP contribution is -2.40. The Balaban J connectivity index is 2.38. The topological polar surface area (TPSA) is 43.4 Å². The van der Waals surface area contributed by atoms with Gasteiger partial charge in [-0.1, -0.05) is 6.08 Å². The van der Waals surface area contributed by atoms with Crippen LogP contribution in [0, 0.1) is 11.3 Å². The van der Waals surface area contributed by atoms with Gasteiger partial charge in [0.15, 0.2) is 0 Å². The zero-order valence-electron chi connectivity index (χ0n) is 8.50. The fourth-order valence-corrected chi connectivity index (χ4v) is 2.40. The summed E-state index contributed by atoms with van der Waals surface area (Å²) in [6.45, 7) is 1.91. The van der Waals surface area contributed by atoms with E-state index < -0.39 is 5.41 Å². The molecule has 0 saturated heterocycles. The van der Waals surface area contributed by atoms with E-state index in [2.05, 4.69) is 0 Å². The fraction of sp³-hybridized carbons (Fsp3) is 0.636. The van der Waals surface area contributed by atoms with E-state index in [4.69, 9.17) is 4.74 Å². The van der Waals surface area contributed by atoms with E-state index in [0.29, 0.717) is 12.0 Å². The third kappa shape index (κ3) is 1.19. The van der Waals surface area contributed by atoms with Gasteiger partial charge >= 0.3 is 5.97 Å². The maximum atomic E-state index is 11.6. The number of methoxy groups -OCH3 is 1. The highest BCUT2D eigenvalue weighted by Gasteiger charge is 2.45. The molecule has 0 aliphatic heterocycles. The molecule has 1 fully saturated rings. The van der Waals surface area contributed by atoms with Crippen molar-refractivity contribution in [3.8, 4) is 0 Å². The molecule has 0 amide bonds. The molecule has 1 saturated carbocycles. The van der Waals surface area contributed by atoms with E-state index >= 15 is 0 Å². The predicted octanol–water partition coefficient (Wildman–Crippen LogP) is 1.47. The van der Waals surface area contributed by atoms with Gasteiger partial charge in [0.2, 0.25) is 0 Å². The van der Waals surface area contributed by atoms with E-state index in [-0.39, 0.29) is 17.7 Å². The molecule has 0 spiro atoms. The summed E-state index contributed by atoms with van der Waals surface area (Å²) in [5, 5.41) is 0. The summed E-state index contributed by atoms with van der Waals surface area (Å²) in [7, 11) is 1.38. The maximum Gasteiger partial charge on any atom is 0.333 e. The zero-order chi connectivity index (χ0) is 10.3. The molecular weight excluding hydrogens is 180 g/mol. The molecule has 3 nitrogen and oxygen atoms in total. The zero-order valence-corrected chi connectivity index (χ0v) is 8.50. The molecule has 0 heterocycles. The molecule has 0 radical (unpaired) electrons. The van der Waals surface area contributed by atoms with Crippen molar-refractivity contribution >= 4 is 11.8 Å². The monoisotopic (exact) mass is 194 g/mol. The highest BCUT2D eigenvalue weighted by molar-refractivity contribution is 5.97. The molecule has 0 N–H and O–H groups in total. The van der Waals surface area contributed by atoms with Gasteiger partial charge in [0.1, 0.15) is 5.78 Å². The van der Waals surface area contributed by atoms with E-state index in [1.807, 2.05) is 13.0 Å². The van der Waals surface area contributed by atoms with Crippen molar-refractivity contribution in [3.63, 3.8) is 0 Å². The molecule has 3 heteroatoms. The van der Waals surface area contributed by atoms with Crippen LogP contribution in [0.15, 0.2) is 11.6 Å². The third-order valence-electron chi connectivity index (χ3n) is 3.42. The van der Waals surface area contributed by atoms with Gasteiger partial charge in [-0.2, -0.15) is 0 Å². The molecule has 2 atom stereocenters. The summed E-state index contributed by atoms with van der Waals surface area (Å²) in [5.41, 5.74) is 0.305. The van der Waals surface area contributed by atoms with E-state index in [9.17, 15) is 9.59 Å². The summed E-state index contributed by atoms with van der Waals surface area (Å²) >= 11 is 0. The summed E-state index contributed by atoms with van der Waals surface area (Å²) in [5.74, 6) is 0.103. The number of hydrogen-bond donors (Lipinski definition) is 0. The van der Waals surface area contributed by atoms with Crippen molar-refractivity contribution in [2.75, 3.05) is 7.11 Å². The first-order valence-corrected chi connectivity index (χ1v) is 4.91. The van der Waals surface area contributed by atoms with E-state index in [1.54, 1.807) is 0 Å². The summed E-state index contributed by atoms with van der Waals surface area (Å²) in [6, 6.07) is 0. The van der Waals surface area contributed by atoms with Crippen LogP contribution < -0.4 is 0 Å². The SMILES string of the molecule is COC(=O)C1=C[C@]2(C)CC[C@H]1CC2=O. The minimum Gasteiger partial charge on any atom is -0.466 e. The Hall–Kier alpha value is -1.12. The van der Waals surface area contributed by atoms with Crippen LogP contribution in [0.3, 0.4) is 0 Å². The van der Waals surface area contributed by atoms with Crippen LogP contribution in [0.5, 0.6) is 0 Å². The average Bonchev–Trinajstić information content (AvgIpc) is 2.18. The first-order valence-electron chi connectivity index (χ1n) is 4.91. The second kappa shape index (κ2) is 2.94. The Morgan fingerprint density at radius 1 is 1.64 bits per heavy atom. The van der Waals surface area contributed by atoms with Crippen LogP contribution in [0.1, 0.15) is 26.2 Å². The van der Waals surface area contributed by atoms with Gasteiger partial charge in [0.05, 0.1) is 7.11 Å². The van der Waals surface area contributed by atoms with Crippen LogP contribution in [0.4, 0.5) is 0 Å². The van der Waals surface area contributed by atoms with Gasteiger partial charge in [-0.3, -0.25) is 4.79 Å². The summed E-state index contributed by atoms with van der Waals surface area (Å²) in [6.07, 6.45) is 4.14. The highest BCUT2D eigenvalue weighted by atomic mass is 16.5. The first kappa shape index (κ1) is 9.44. The molecule has 76 valence electrons. The second-order valence-electron chi connectivity index (χ2n) is 4.37. The van der Waals surface area contributed by atoms with Crippen LogP contribution >= 0.6 is 0 Å². The van der Waals surface area contributed by atoms with Crippen molar-refractivity contribution < 1.29 is 14.3 Å². The second-order valence-corrected chi connectivity index (χ2v) is 4.37. The van der Waals surface area contributed by atoms with Crippen molar-refractivity contribution in [2.24, 2.45) is 11.3 Å². The number of Topliss-reactive ketones (excluding diaryl/α,β-unsaturated/α-hetero) is 1. The van der Waals surface area contributed by atoms with E-state index in [0.717, 1.165) is 12.8 Å². The van der Waals surface area contributed by atoms with Gasteiger partial charge < -0.3 is 4.74 Å². The fourth-order valence-electron chi connectivity index (χ4n) is 2.40. The van der Waals surface area contributed by atoms with Crippen molar-refractivity contribution in [2.45, 2.75) is 26.2 Å². The van der Waals surface area contributed by atoms with Crippen LogP contribution in [-0.4, -0.2) is 18.9 Å². The molecule has 3 aliphatic rings. The molecule has 0 aromatic rings. The van der Waals surface area contributed by atoms with Crippen molar-refractivity contribution in [1.29, 1.82) is 0 Å². The standard InChI is InChI=1S/C11H14O3/c1-11-4-3-7(5-9(11)12)8(6-11)10(13)14-2/h6-7H,3-5H2,1-2H3/t7-,11-/m0/s1. The van der Waals surface area contributed by atoms with Crippen molar-refractivity contribution in [1.82, 2.24) is 0 Å². The number of fused-ring (bicyclic) bond motifs is 2. The molecule has 14 heavy (non-hydrogen) atoms. The van der Waals surface area contributed by atoms with E-state index in [1.165, 1.54) is 7.11 Å². The van der Waals surface area contributed by atoms with Crippen LogP contribution in [0.2, 0.25) is 0 Å². The molecule has 3 rings (SSSR count). The quantitative estimate of drug-likeness (QED) is 0.594. The number of ether oxygens (including phenoxy) is 1. The minimum atomic E-state index is -0.404. The predicted molar refractivity (Wildman–Crippen MR) is 50.6 cm³/mol. The average molecular weight is 194 g/mol. The molecular formula is C11H14O3.